The Morgan fingerprint density at radius 3 is 2.77 bits per heavy atom. The molecule has 8 heteroatoms. The minimum atomic E-state index is -0.121. The van der Waals surface area contributed by atoms with E-state index in [1.54, 1.807) is 4.57 Å². The molecule has 2 heterocycles. The summed E-state index contributed by atoms with van der Waals surface area (Å²) in [4.78, 5) is 12.5. The summed E-state index contributed by atoms with van der Waals surface area (Å²) < 4.78 is 3.96. The normalized spacial score (nSPS) is 10.8. The summed E-state index contributed by atoms with van der Waals surface area (Å²) in [6.07, 6.45) is 2.57. The fourth-order valence-electron chi connectivity index (χ4n) is 3.22. The van der Waals surface area contributed by atoms with Crippen molar-refractivity contribution in [3.63, 3.8) is 0 Å². The second kappa shape index (κ2) is 8.87. The van der Waals surface area contributed by atoms with E-state index < -0.39 is 0 Å². The number of para-hydroxylation sites is 1. The lowest BCUT2D eigenvalue weighted by atomic mass is 10.1. The second-order valence-corrected chi connectivity index (χ2v) is 7.38. The third kappa shape index (κ3) is 4.55. The molecule has 2 aromatic heterocycles. The number of carbonyl (C=O) groups is 1. The highest BCUT2D eigenvalue weighted by atomic mass is 32.1. The average Bonchev–Trinajstić information content (AvgIpc) is 3.36. The van der Waals surface area contributed by atoms with Crippen molar-refractivity contribution in [2.24, 2.45) is 0 Å². The molecule has 0 saturated heterocycles. The molecule has 2 aromatic carbocycles. The van der Waals surface area contributed by atoms with Crippen molar-refractivity contribution in [3.8, 4) is 17.1 Å². The highest BCUT2D eigenvalue weighted by Gasteiger charge is 2.12. The molecule has 0 fully saturated rings. The number of rotatable bonds is 7. The van der Waals surface area contributed by atoms with E-state index in [1.807, 2.05) is 78.5 Å². The maximum absolute atomic E-state index is 12.5. The van der Waals surface area contributed by atoms with Crippen LogP contribution in [0.3, 0.4) is 0 Å². The highest BCUT2D eigenvalue weighted by Crippen LogP contribution is 2.18. The summed E-state index contributed by atoms with van der Waals surface area (Å²) in [6, 6.07) is 19.8. The molecular weight excluding hydrogens is 396 g/mol. The van der Waals surface area contributed by atoms with Crippen molar-refractivity contribution in [3.05, 3.63) is 82.9 Å². The van der Waals surface area contributed by atoms with E-state index in [4.69, 9.17) is 12.2 Å². The van der Waals surface area contributed by atoms with Gasteiger partial charge in [-0.05, 0) is 43.4 Å². The third-order valence-electron chi connectivity index (χ3n) is 4.70. The first-order valence-corrected chi connectivity index (χ1v) is 10.1. The van der Waals surface area contributed by atoms with E-state index in [0.29, 0.717) is 23.6 Å². The Kier molecular flexibility index (Phi) is 5.85. The Labute approximate surface area is 179 Å². The number of hydrogen-bond donors (Lipinski definition) is 2. The predicted octanol–water partition coefficient (Wildman–Crippen LogP) is 3.46. The molecule has 4 aromatic rings. The Bertz CT molecular complexity index is 1210. The van der Waals surface area contributed by atoms with E-state index in [9.17, 15) is 4.79 Å². The smallest absolute Gasteiger partial charge is 0.240 e. The number of aromatic amines is 1. The molecule has 30 heavy (non-hydrogen) atoms. The topological polar surface area (TPSA) is 80.5 Å². The van der Waals surface area contributed by atoms with E-state index in [-0.39, 0.29) is 12.5 Å². The van der Waals surface area contributed by atoms with Crippen LogP contribution >= 0.6 is 12.2 Å². The molecular formula is C22H22N6OS. The van der Waals surface area contributed by atoms with Crippen LogP contribution in [0.4, 0.5) is 0 Å². The molecule has 0 aliphatic heterocycles. The largest absolute Gasteiger partial charge is 0.354 e. The number of benzene rings is 2. The van der Waals surface area contributed by atoms with Crippen LogP contribution in [0.15, 0.2) is 66.9 Å². The lowest BCUT2D eigenvalue weighted by molar-refractivity contribution is -0.121. The summed E-state index contributed by atoms with van der Waals surface area (Å²) in [7, 11) is 0. The molecule has 0 aliphatic rings. The van der Waals surface area contributed by atoms with Gasteiger partial charge in [-0.1, -0.05) is 42.0 Å². The molecule has 0 bridgehead atoms. The van der Waals surface area contributed by atoms with Crippen molar-refractivity contribution in [1.82, 2.24) is 29.9 Å². The Balaban J connectivity index is 1.36. The Morgan fingerprint density at radius 1 is 1.13 bits per heavy atom. The number of H-pyrrole nitrogens is 1. The van der Waals surface area contributed by atoms with Gasteiger partial charge in [0.1, 0.15) is 6.54 Å². The molecule has 0 radical (unpaired) electrons. The minimum absolute atomic E-state index is 0.108. The molecule has 0 spiro atoms. The van der Waals surface area contributed by atoms with Gasteiger partial charge < -0.3 is 5.32 Å². The first kappa shape index (κ1) is 19.8. The van der Waals surface area contributed by atoms with Crippen molar-refractivity contribution in [1.29, 1.82) is 0 Å². The number of aromatic nitrogens is 5. The zero-order valence-corrected chi connectivity index (χ0v) is 17.4. The van der Waals surface area contributed by atoms with Gasteiger partial charge in [0.05, 0.1) is 11.4 Å². The van der Waals surface area contributed by atoms with Crippen LogP contribution < -0.4 is 5.32 Å². The first-order valence-electron chi connectivity index (χ1n) is 9.69. The molecule has 4 rings (SSSR count). The van der Waals surface area contributed by atoms with Crippen LogP contribution in [0.25, 0.3) is 17.1 Å². The number of carbonyl (C=O) groups excluding carboxylic acids is 1. The Hall–Kier alpha value is -3.52. The zero-order valence-electron chi connectivity index (χ0n) is 16.6. The zero-order chi connectivity index (χ0) is 20.9. The number of hydrogen-bond acceptors (Lipinski definition) is 4. The van der Waals surface area contributed by atoms with Gasteiger partial charge in [0.15, 0.2) is 10.6 Å². The van der Waals surface area contributed by atoms with E-state index in [2.05, 4.69) is 20.6 Å². The summed E-state index contributed by atoms with van der Waals surface area (Å²) in [6.45, 7) is 2.62. The molecule has 152 valence electrons. The third-order valence-corrected chi connectivity index (χ3v) is 5.02. The minimum Gasteiger partial charge on any atom is -0.354 e. The summed E-state index contributed by atoms with van der Waals surface area (Å²) in [5.41, 5.74) is 3.96. The monoisotopic (exact) mass is 418 g/mol. The van der Waals surface area contributed by atoms with Crippen LogP contribution in [0.2, 0.25) is 0 Å². The molecule has 0 aliphatic carbocycles. The predicted molar refractivity (Wildman–Crippen MR) is 118 cm³/mol. The molecule has 0 unspecified atom stereocenters. The fourth-order valence-corrected chi connectivity index (χ4v) is 3.41. The van der Waals surface area contributed by atoms with Gasteiger partial charge in [-0.3, -0.25) is 14.5 Å². The highest BCUT2D eigenvalue weighted by molar-refractivity contribution is 7.71. The van der Waals surface area contributed by atoms with Crippen LogP contribution in [0.1, 0.15) is 11.3 Å². The van der Waals surface area contributed by atoms with E-state index in [0.717, 1.165) is 22.5 Å². The van der Waals surface area contributed by atoms with E-state index >= 15 is 0 Å². The number of amides is 1. The molecule has 1 amide bonds. The van der Waals surface area contributed by atoms with Gasteiger partial charge in [-0.2, -0.15) is 10.2 Å². The van der Waals surface area contributed by atoms with Gasteiger partial charge in [0.25, 0.3) is 0 Å². The maximum atomic E-state index is 12.5. The van der Waals surface area contributed by atoms with Gasteiger partial charge in [-0.15, -0.1) is 0 Å². The van der Waals surface area contributed by atoms with Gasteiger partial charge >= 0.3 is 0 Å². The standard InChI is InChI=1S/C22H22N6OS/c1-16-6-5-7-17(14-16)21-24-25-22(30)27(21)15-20(29)23-12-10-18-11-13-28(26-18)19-8-3-2-4-9-19/h2-9,11,13-14H,10,12,15H2,1H3,(H,23,29)(H,25,30). The molecule has 0 saturated carbocycles. The molecule has 2 N–H and O–H groups in total. The number of nitrogens with zero attached hydrogens (tertiary/aromatic N) is 4. The maximum Gasteiger partial charge on any atom is 0.240 e. The van der Waals surface area contributed by atoms with Crippen molar-refractivity contribution in [2.45, 2.75) is 19.9 Å². The quantitative estimate of drug-likeness (QED) is 0.451. The fraction of sp³-hybridized carbons (Fsp3) is 0.182. The first-order chi connectivity index (χ1) is 14.6. The Morgan fingerprint density at radius 2 is 1.97 bits per heavy atom. The SMILES string of the molecule is Cc1cccc(-c2n[nH]c(=S)n2CC(=O)NCCc2ccn(-c3ccccc3)n2)c1. The number of nitrogens with one attached hydrogen (secondary N) is 2. The van der Waals surface area contributed by atoms with Crippen molar-refractivity contribution < 1.29 is 4.79 Å². The average molecular weight is 419 g/mol. The van der Waals surface area contributed by atoms with Crippen LogP contribution in [-0.2, 0) is 17.8 Å². The second-order valence-electron chi connectivity index (χ2n) is 7.00. The van der Waals surface area contributed by atoms with Crippen molar-refractivity contribution in [2.75, 3.05) is 6.54 Å². The van der Waals surface area contributed by atoms with Crippen molar-refractivity contribution >= 4 is 18.1 Å². The summed E-state index contributed by atoms with van der Waals surface area (Å²) >= 11 is 5.31. The lowest BCUT2D eigenvalue weighted by Crippen LogP contribution is -2.29. The van der Waals surface area contributed by atoms with Gasteiger partial charge in [-0.25, -0.2) is 4.68 Å². The van der Waals surface area contributed by atoms with Crippen LogP contribution in [0.5, 0.6) is 0 Å². The van der Waals surface area contributed by atoms with E-state index in [1.165, 1.54) is 0 Å². The number of aryl methyl sites for hydroxylation is 1. The van der Waals surface area contributed by atoms with Gasteiger partial charge in [0, 0.05) is 24.7 Å². The molecule has 7 nitrogen and oxygen atoms in total. The summed E-state index contributed by atoms with van der Waals surface area (Å²) in [5, 5.41) is 14.6. The lowest BCUT2D eigenvalue weighted by Gasteiger charge is -2.08. The van der Waals surface area contributed by atoms with Crippen LogP contribution in [-0.4, -0.2) is 37.0 Å². The van der Waals surface area contributed by atoms with Gasteiger partial charge in [0.2, 0.25) is 5.91 Å². The summed E-state index contributed by atoms with van der Waals surface area (Å²) in [5.74, 6) is 0.532. The van der Waals surface area contributed by atoms with Crippen LogP contribution in [0, 0.1) is 11.7 Å². The molecule has 0 atom stereocenters.